The third-order valence-corrected chi connectivity index (χ3v) is 1.91. The first-order valence-electron chi connectivity index (χ1n) is 5.06. The molecule has 0 radical (unpaired) electrons. The summed E-state index contributed by atoms with van der Waals surface area (Å²) in [6.07, 6.45) is 3.78. The van der Waals surface area contributed by atoms with Crippen molar-refractivity contribution in [3.8, 4) is 0 Å². The van der Waals surface area contributed by atoms with Crippen molar-refractivity contribution in [2.24, 2.45) is 0 Å². The molecule has 2 amide bonds. The Morgan fingerprint density at radius 2 is 2.12 bits per heavy atom. The molecule has 0 aliphatic carbocycles. The van der Waals surface area contributed by atoms with Crippen LogP contribution in [0.1, 0.15) is 19.0 Å². The minimum atomic E-state index is -0.100. The second kappa shape index (κ2) is 6.60. The van der Waals surface area contributed by atoms with Gasteiger partial charge in [0.05, 0.1) is 5.69 Å². The van der Waals surface area contributed by atoms with E-state index in [1.807, 2.05) is 0 Å². The van der Waals surface area contributed by atoms with Crippen LogP contribution in [0.25, 0.3) is 0 Å². The van der Waals surface area contributed by atoms with E-state index in [-0.39, 0.29) is 11.8 Å². The smallest absolute Gasteiger partial charge is 0.220 e. The van der Waals surface area contributed by atoms with Crippen molar-refractivity contribution in [3.63, 3.8) is 0 Å². The van der Waals surface area contributed by atoms with Crippen LogP contribution in [0.4, 0.5) is 0 Å². The third kappa shape index (κ3) is 5.14. The zero-order valence-corrected chi connectivity index (χ0v) is 9.16. The maximum Gasteiger partial charge on any atom is 0.220 e. The van der Waals surface area contributed by atoms with Crippen LogP contribution in [0.5, 0.6) is 0 Å². The third-order valence-electron chi connectivity index (χ3n) is 1.91. The molecule has 2 N–H and O–H groups in total. The molecule has 0 unspecified atom stereocenters. The van der Waals surface area contributed by atoms with Gasteiger partial charge in [0.1, 0.15) is 6.26 Å². The minimum Gasteiger partial charge on any atom is -0.451 e. The lowest BCUT2D eigenvalue weighted by Crippen LogP contribution is -2.33. The number of aromatic nitrogens is 1. The standard InChI is InChI=1S/C10H15N3O3/c1-8(14)11-4-5-12-10(15)3-2-9-6-16-7-13-9/h6-7H,2-5H2,1H3,(H,11,14)(H,12,15). The Bertz CT molecular complexity index is 335. The summed E-state index contributed by atoms with van der Waals surface area (Å²) in [6, 6.07) is 0. The number of carbonyl (C=O) groups is 2. The molecule has 1 rings (SSSR count). The fourth-order valence-corrected chi connectivity index (χ4v) is 1.13. The van der Waals surface area contributed by atoms with Crippen molar-refractivity contribution in [1.29, 1.82) is 0 Å². The first-order valence-corrected chi connectivity index (χ1v) is 5.06. The molecule has 0 spiro atoms. The van der Waals surface area contributed by atoms with Crippen LogP contribution in [0, 0.1) is 0 Å². The number of nitrogens with zero attached hydrogens (tertiary/aromatic N) is 1. The quantitative estimate of drug-likeness (QED) is 0.660. The Kier molecular flexibility index (Phi) is 5.04. The topological polar surface area (TPSA) is 84.2 Å². The molecule has 1 heterocycles. The molecule has 0 atom stereocenters. The Morgan fingerprint density at radius 3 is 2.75 bits per heavy atom. The first kappa shape index (κ1) is 12.2. The Balaban J connectivity index is 2.05. The van der Waals surface area contributed by atoms with Crippen molar-refractivity contribution in [2.45, 2.75) is 19.8 Å². The van der Waals surface area contributed by atoms with Gasteiger partial charge in [0.25, 0.3) is 0 Å². The van der Waals surface area contributed by atoms with Gasteiger partial charge in [0.15, 0.2) is 6.39 Å². The van der Waals surface area contributed by atoms with Crippen molar-refractivity contribution in [3.05, 3.63) is 18.4 Å². The number of amides is 2. The molecule has 0 aliphatic rings. The predicted molar refractivity (Wildman–Crippen MR) is 56.5 cm³/mol. The second-order valence-electron chi connectivity index (χ2n) is 3.31. The summed E-state index contributed by atoms with van der Waals surface area (Å²) in [5, 5.41) is 5.28. The molecule has 1 aromatic heterocycles. The fourth-order valence-electron chi connectivity index (χ4n) is 1.13. The summed E-state index contributed by atoms with van der Waals surface area (Å²) in [6.45, 7) is 2.33. The van der Waals surface area contributed by atoms with E-state index in [0.717, 1.165) is 5.69 Å². The molecular formula is C10H15N3O3. The Morgan fingerprint density at radius 1 is 1.38 bits per heavy atom. The van der Waals surface area contributed by atoms with Crippen LogP contribution >= 0.6 is 0 Å². The fraction of sp³-hybridized carbons (Fsp3) is 0.500. The minimum absolute atomic E-state index is 0.0617. The van der Waals surface area contributed by atoms with Gasteiger partial charge in [-0.2, -0.15) is 0 Å². The van der Waals surface area contributed by atoms with Gasteiger partial charge >= 0.3 is 0 Å². The molecule has 0 bridgehead atoms. The summed E-state index contributed by atoms with van der Waals surface area (Å²) in [4.78, 5) is 25.7. The van der Waals surface area contributed by atoms with E-state index in [4.69, 9.17) is 4.42 Å². The molecule has 6 heteroatoms. The average Bonchev–Trinajstić information content (AvgIpc) is 2.74. The van der Waals surface area contributed by atoms with E-state index >= 15 is 0 Å². The Hall–Kier alpha value is -1.85. The van der Waals surface area contributed by atoms with Gasteiger partial charge in [-0.15, -0.1) is 0 Å². The molecule has 16 heavy (non-hydrogen) atoms. The summed E-state index contributed by atoms with van der Waals surface area (Å²) >= 11 is 0. The molecule has 1 aromatic rings. The predicted octanol–water partition coefficient (Wildman–Crippen LogP) is -0.141. The highest BCUT2D eigenvalue weighted by Gasteiger charge is 2.03. The van der Waals surface area contributed by atoms with Gasteiger partial charge in [-0.05, 0) is 0 Å². The van der Waals surface area contributed by atoms with Crippen LogP contribution in [-0.2, 0) is 16.0 Å². The van der Waals surface area contributed by atoms with E-state index in [2.05, 4.69) is 15.6 Å². The zero-order valence-electron chi connectivity index (χ0n) is 9.16. The Labute approximate surface area is 93.4 Å². The largest absolute Gasteiger partial charge is 0.451 e. The molecule has 6 nitrogen and oxygen atoms in total. The molecular weight excluding hydrogens is 210 g/mol. The summed E-state index contributed by atoms with van der Waals surface area (Å²) in [7, 11) is 0. The van der Waals surface area contributed by atoms with Crippen molar-refractivity contribution in [2.75, 3.05) is 13.1 Å². The van der Waals surface area contributed by atoms with Gasteiger partial charge in [-0.25, -0.2) is 4.98 Å². The average molecular weight is 225 g/mol. The molecule has 0 saturated carbocycles. The van der Waals surface area contributed by atoms with Gasteiger partial charge < -0.3 is 15.1 Å². The number of oxazole rings is 1. The number of rotatable bonds is 6. The van der Waals surface area contributed by atoms with Crippen LogP contribution in [0.2, 0.25) is 0 Å². The molecule has 0 saturated heterocycles. The lowest BCUT2D eigenvalue weighted by Gasteiger charge is -2.04. The highest BCUT2D eigenvalue weighted by Crippen LogP contribution is 1.98. The summed E-state index contributed by atoms with van der Waals surface area (Å²) in [5.74, 6) is -0.162. The van der Waals surface area contributed by atoms with Crippen LogP contribution in [-0.4, -0.2) is 29.9 Å². The summed E-state index contributed by atoms with van der Waals surface area (Å²) < 4.78 is 4.78. The molecule has 0 fully saturated rings. The van der Waals surface area contributed by atoms with Crippen molar-refractivity contribution in [1.82, 2.24) is 15.6 Å². The molecule has 88 valence electrons. The first-order chi connectivity index (χ1) is 7.68. The van der Waals surface area contributed by atoms with Crippen LogP contribution in [0.3, 0.4) is 0 Å². The van der Waals surface area contributed by atoms with E-state index in [9.17, 15) is 9.59 Å². The van der Waals surface area contributed by atoms with Gasteiger partial charge in [0.2, 0.25) is 11.8 Å². The number of carbonyl (C=O) groups excluding carboxylic acids is 2. The maximum atomic E-state index is 11.3. The lowest BCUT2D eigenvalue weighted by molar-refractivity contribution is -0.122. The van der Waals surface area contributed by atoms with Crippen LogP contribution < -0.4 is 10.6 Å². The highest BCUT2D eigenvalue weighted by atomic mass is 16.3. The van der Waals surface area contributed by atoms with E-state index in [1.54, 1.807) is 0 Å². The van der Waals surface area contributed by atoms with Gasteiger partial charge in [-0.3, -0.25) is 9.59 Å². The van der Waals surface area contributed by atoms with E-state index < -0.39 is 0 Å². The number of hydrogen-bond acceptors (Lipinski definition) is 4. The SMILES string of the molecule is CC(=O)NCCNC(=O)CCc1cocn1. The monoisotopic (exact) mass is 225 g/mol. The van der Waals surface area contributed by atoms with E-state index in [1.165, 1.54) is 19.6 Å². The molecule has 0 aromatic carbocycles. The zero-order chi connectivity index (χ0) is 11.8. The second-order valence-corrected chi connectivity index (χ2v) is 3.31. The number of nitrogens with one attached hydrogen (secondary N) is 2. The van der Waals surface area contributed by atoms with E-state index in [0.29, 0.717) is 25.9 Å². The van der Waals surface area contributed by atoms with Crippen LogP contribution in [0.15, 0.2) is 17.1 Å². The summed E-state index contributed by atoms with van der Waals surface area (Å²) in [5.41, 5.74) is 0.761. The van der Waals surface area contributed by atoms with Crippen molar-refractivity contribution < 1.29 is 14.0 Å². The molecule has 0 aliphatic heterocycles. The highest BCUT2D eigenvalue weighted by molar-refractivity contribution is 5.76. The van der Waals surface area contributed by atoms with Crippen molar-refractivity contribution >= 4 is 11.8 Å². The lowest BCUT2D eigenvalue weighted by atomic mass is 10.2. The normalized spacial score (nSPS) is 9.81. The van der Waals surface area contributed by atoms with Gasteiger partial charge in [0, 0.05) is 32.9 Å². The number of hydrogen-bond donors (Lipinski definition) is 2. The maximum absolute atomic E-state index is 11.3. The number of aryl methyl sites for hydroxylation is 1. The van der Waals surface area contributed by atoms with Gasteiger partial charge in [-0.1, -0.05) is 0 Å².